The van der Waals surface area contributed by atoms with Crippen molar-refractivity contribution in [2.45, 2.75) is 31.5 Å². The third-order valence-corrected chi connectivity index (χ3v) is 6.72. The number of halogens is 1. The first kappa shape index (κ1) is 20.3. The van der Waals surface area contributed by atoms with Crippen molar-refractivity contribution in [3.05, 3.63) is 65.0 Å². The number of anilines is 1. The summed E-state index contributed by atoms with van der Waals surface area (Å²) in [5.74, 6) is -4.44. The highest BCUT2D eigenvalue weighted by Crippen LogP contribution is 2.54. The quantitative estimate of drug-likeness (QED) is 0.616. The number of nitrogens with two attached hydrogens (primary N) is 1. The second-order valence-electron chi connectivity index (χ2n) is 8.57. The molecule has 0 radical (unpaired) electrons. The van der Waals surface area contributed by atoms with Crippen LogP contribution in [0.25, 0.3) is 0 Å². The Morgan fingerprint density at radius 1 is 1.12 bits per heavy atom. The average molecular weight is 436 g/mol. The highest BCUT2D eigenvalue weighted by atomic mass is 19.1. The Kier molecular flexibility index (Phi) is 4.42. The number of aryl methyl sites for hydroxylation is 1. The number of benzene rings is 2. The van der Waals surface area contributed by atoms with Crippen LogP contribution in [0.5, 0.6) is 0 Å². The minimum atomic E-state index is -1.48. The molecule has 4 atom stereocenters. The maximum atomic E-state index is 13.6. The van der Waals surface area contributed by atoms with Crippen LogP contribution in [0.3, 0.4) is 0 Å². The van der Waals surface area contributed by atoms with E-state index in [1.54, 1.807) is 12.1 Å². The molecule has 3 aliphatic heterocycles. The van der Waals surface area contributed by atoms with Gasteiger partial charge >= 0.3 is 0 Å². The van der Waals surface area contributed by atoms with Gasteiger partial charge in [-0.25, -0.2) is 4.39 Å². The molecule has 3 aliphatic rings. The predicted molar refractivity (Wildman–Crippen MR) is 111 cm³/mol. The zero-order valence-corrected chi connectivity index (χ0v) is 17.2. The number of nitrogens with one attached hydrogen (secondary N) is 2. The molecule has 164 valence electrons. The van der Waals surface area contributed by atoms with E-state index >= 15 is 0 Å². The Balaban J connectivity index is 1.60. The van der Waals surface area contributed by atoms with Gasteiger partial charge in [0.25, 0.3) is 0 Å². The van der Waals surface area contributed by atoms with E-state index in [1.165, 1.54) is 24.3 Å². The van der Waals surface area contributed by atoms with Crippen molar-refractivity contribution < 1.29 is 23.6 Å². The number of imide groups is 1. The summed E-state index contributed by atoms with van der Waals surface area (Å²) in [5.41, 5.74) is 6.52. The lowest BCUT2D eigenvalue weighted by molar-refractivity contribution is -0.143. The number of hydrogen-bond donors (Lipinski definition) is 3. The summed E-state index contributed by atoms with van der Waals surface area (Å²) in [4.78, 5) is 53.2. The van der Waals surface area contributed by atoms with Crippen molar-refractivity contribution in [3.8, 4) is 0 Å². The molecule has 32 heavy (non-hydrogen) atoms. The summed E-state index contributed by atoms with van der Waals surface area (Å²) in [6.45, 7) is 1.79. The van der Waals surface area contributed by atoms with Crippen LogP contribution in [-0.2, 0) is 31.3 Å². The average Bonchev–Trinajstić information content (AvgIpc) is 3.31. The number of fused-ring (bicyclic) bond motifs is 4. The lowest BCUT2D eigenvalue weighted by atomic mass is 9.76. The molecule has 2 fully saturated rings. The maximum absolute atomic E-state index is 13.6. The van der Waals surface area contributed by atoms with E-state index in [1.807, 2.05) is 13.0 Å². The summed E-state index contributed by atoms with van der Waals surface area (Å²) in [6, 6.07) is 10.1. The van der Waals surface area contributed by atoms with Crippen LogP contribution in [0.4, 0.5) is 10.1 Å². The van der Waals surface area contributed by atoms with E-state index in [0.717, 1.165) is 10.5 Å². The van der Waals surface area contributed by atoms with E-state index in [0.29, 0.717) is 16.8 Å². The normalized spacial score (nSPS) is 28.2. The lowest BCUT2D eigenvalue weighted by Gasteiger charge is -2.29. The number of amides is 4. The van der Waals surface area contributed by atoms with Gasteiger partial charge in [-0.1, -0.05) is 30.3 Å². The van der Waals surface area contributed by atoms with E-state index in [9.17, 15) is 23.6 Å². The summed E-state index contributed by atoms with van der Waals surface area (Å²) in [6.07, 6.45) is -0.194. The minimum absolute atomic E-state index is 0.0490. The molecule has 0 bridgehead atoms. The fraction of sp³-hybridized carbons (Fsp3) is 0.304. The summed E-state index contributed by atoms with van der Waals surface area (Å²) in [5, 5.41) is 6.00. The topological polar surface area (TPSA) is 122 Å². The standard InChI is InChI=1S/C23H21FN4O4/c1-11-3-2-4-14-19(11)26-22(32)23(14)18-17(15(27-23)9-16(25)29)20(30)28(21(18)31)10-12-5-7-13(24)8-6-12/h2-8,15,17-18,27H,9-10H2,1H3,(H2,25,29)(H,26,32)/t15-,17+,18-,23+/m0/s1. The molecule has 0 aromatic heterocycles. The van der Waals surface area contributed by atoms with Gasteiger partial charge in [0.2, 0.25) is 23.6 Å². The molecular weight excluding hydrogens is 415 g/mol. The Bertz CT molecular complexity index is 1180. The van der Waals surface area contributed by atoms with Gasteiger partial charge in [-0.3, -0.25) is 29.4 Å². The fourth-order valence-electron chi connectivity index (χ4n) is 5.36. The SMILES string of the molecule is Cc1cccc2c1NC(=O)[C@@]21N[C@@H](CC(N)=O)[C@H]2C(=O)N(Cc3ccc(F)cc3)C(=O)[C@H]21. The minimum Gasteiger partial charge on any atom is -0.370 e. The summed E-state index contributed by atoms with van der Waals surface area (Å²) < 4.78 is 13.3. The molecule has 4 amide bonds. The van der Waals surface area contributed by atoms with Crippen molar-refractivity contribution in [3.63, 3.8) is 0 Å². The van der Waals surface area contributed by atoms with Crippen LogP contribution in [-0.4, -0.2) is 34.6 Å². The zero-order chi connectivity index (χ0) is 22.8. The highest BCUT2D eigenvalue weighted by molar-refractivity contribution is 6.15. The monoisotopic (exact) mass is 436 g/mol. The van der Waals surface area contributed by atoms with Gasteiger partial charge in [-0.2, -0.15) is 0 Å². The molecule has 0 unspecified atom stereocenters. The van der Waals surface area contributed by atoms with Crippen LogP contribution in [0, 0.1) is 24.6 Å². The number of primary amides is 1. The van der Waals surface area contributed by atoms with E-state index in [4.69, 9.17) is 5.73 Å². The first-order chi connectivity index (χ1) is 15.2. The number of carbonyl (C=O) groups is 4. The van der Waals surface area contributed by atoms with Gasteiger partial charge in [0.1, 0.15) is 11.4 Å². The van der Waals surface area contributed by atoms with E-state index in [2.05, 4.69) is 10.6 Å². The predicted octanol–water partition coefficient (Wildman–Crippen LogP) is 0.930. The summed E-state index contributed by atoms with van der Waals surface area (Å²) >= 11 is 0. The molecule has 2 aromatic rings. The second kappa shape index (κ2) is 6.96. The molecule has 2 saturated heterocycles. The van der Waals surface area contributed by atoms with Crippen LogP contribution in [0.15, 0.2) is 42.5 Å². The van der Waals surface area contributed by atoms with Gasteiger partial charge in [0.05, 0.1) is 18.4 Å². The first-order valence-corrected chi connectivity index (χ1v) is 10.3. The number of carbonyl (C=O) groups excluding carboxylic acids is 4. The zero-order valence-electron chi connectivity index (χ0n) is 17.2. The third-order valence-electron chi connectivity index (χ3n) is 6.72. The lowest BCUT2D eigenvalue weighted by Crippen LogP contribution is -2.53. The number of likely N-dealkylation sites (tertiary alicyclic amines) is 1. The molecule has 1 spiro atoms. The Labute approximate surface area is 182 Å². The van der Waals surface area contributed by atoms with Gasteiger partial charge in [-0.15, -0.1) is 0 Å². The van der Waals surface area contributed by atoms with Crippen molar-refractivity contribution in [2.75, 3.05) is 5.32 Å². The van der Waals surface area contributed by atoms with Crippen LogP contribution in [0.1, 0.15) is 23.1 Å². The van der Waals surface area contributed by atoms with Crippen molar-refractivity contribution in [1.82, 2.24) is 10.2 Å². The van der Waals surface area contributed by atoms with Crippen LogP contribution < -0.4 is 16.4 Å². The number of nitrogens with zero attached hydrogens (tertiary/aromatic N) is 1. The number of para-hydroxylation sites is 1. The van der Waals surface area contributed by atoms with E-state index < -0.39 is 52.9 Å². The van der Waals surface area contributed by atoms with Gasteiger partial charge in [-0.05, 0) is 30.2 Å². The molecule has 4 N–H and O–H groups in total. The largest absolute Gasteiger partial charge is 0.370 e. The van der Waals surface area contributed by atoms with Crippen molar-refractivity contribution in [2.24, 2.45) is 17.6 Å². The summed E-state index contributed by atoms with van der Waals surface area (Å²) in [7, 11) is 0. The van der Waals surface area contributed by atoms with Crippen molar-refractivity contribution in [1.29, 1.82) is 0 Å². The molecule has 9 heteroatoms. The van der Waals surface area contributed by atoms with Crippen molar-refractivity contribution >= 4 is 29.3 Å². The smallest absolute Gasteiger partial charge is 0.250 e. The van der Waals surface area contributed by atoms with Gasteiger partial charge in [0, 0.05) is 23.7 Å². The Morgan fingerprint density at radius 3 is 2.53 bits per heavy atom. The second-order valence-corrected chi connectivity index (χ2v) is 8.57. The fourth-order valence-corrected chi connectivity index (χ4v) is 5.36. The molecule has 2 aromatic carbocycles. The maximum Gasteiger partial charge on any atom is 0.250 e. The van der Waals surface area contributed by atoms with Gasteiger partial charge in [0.15, 0.2) is 0 Å². The van der Waals surface area contributed by atoms with Crippen LogP contribution in [0.2, 0.25) is 0 Å². The molecule has 0 saturated carbocycles. The Hall–Kier alpha value is -3.59. The molecule has 8 nitrogen and oxygen atoms in total. The molecule has 3 heterocycles. The molecular formula is C23H21FN4O4. The first-order valence-electron chi connectivity index (χ1n) is 10.3. The number of hydrogen-bond acceptors (Lipinski definition) is 5. The molecule has 0 aliphatic carbocycles. The third kappa shape index (κ3) is 2.70. The Morgan fingerprint density at radius 2 is 1.84 bits per heavy atom. The van der Waals surface area contributed by atoms with Gasteiger partial charge < -0.3 is 11.1 Å². The van der Waals surface area contributed by atoms with Crippen LogP contribution >= 0.6 is 0 Å². The molecule has 5 rings (SSSR count). The number of rotatable bonds is 4. The highest BCUT2D eigenvalue weighted by Gasteiger charge is 2.70. The van der Waals surface area contributed by atoms with E-state index in [-0.39, 0.29) is 13.0 Å².